The average molecular weight is 222 g/mol. The number of rotatable bonds is 0. The molecule has 16 heavy (non-hydrogen) atoms. The first-order chi connectivity index (χ1) is 7.03. The third-order valence-corrected chi connectivity index (χ3v) is 3.23. The lowest BCUT2D eigenvalue weighted by Gasteiger charge is -2.34. The summed E-state index contributed by atoms with van der Waals surface area (Å²) in [6.45, 7) is 15.2. The Balaban J connectivity index is 3.26. The molecule has 1 unspecified atom stereocenters. The Morgan fingerprint density at radius 3 is 1.94 bits per heavy atom. The van der Waals surface area contributed by atoms with Crippen LogP contribution in [0.4, 0.5) is 0 Å². The Kier molecular flexibility index (Phi) is 3.29. The van der Waals surface area contributed by atoms with E-state index < -0.39 is 0 Å². The van der Waals surface area contributed by atoms with Crippen LogP contribution < -0.4 is 0 Å². The second kappa shape index (κ2) is 3.94. The normalized spacial score (nSPS) is 23.4. The largest absolute Gasteiger partial charge is 0.508 e. The van der Waals surface area contributed by atoms with E-state index in [1.165, 1.54) is 5.57 Å². The van der Waals surface area contributed by atoms with Crippen LogP contribution >= 0.6 is 0 Å². The highest BCUT2D eigenvalue weighted by Gasteiger charge is 2.32. The maximum absolute atomic E-state index is 10.4. The van der Waals surface area contributed by atoms with Gasteiger partial charge in [-0.3, -0.25) is 0 Å². The Morgan fingerprint density at radius 2 is 1.56 bits per heavy atom. The van der Waals surface area contributed by atoms with Gasteiger partial charge in [0.15, 0.2) is 0 Å². The summed E-state index contributed by atoms with van der Waals surface area (Å²) in [6, 6.07) is 0. The molecule has 92 valence electrons. The van der Waals surface area contributed by atoms with Crippen molar-refractivity contribution in [2.24, 2.45) is 16.7 Å². The van der Waals surface area contributed by atoms with Crippen LogP contribution in [0.2, 0.25) is 0 Å². The Bertz CT molecular complexity index is 331. The first-order valence-corrected chi connectivity index (χ1v) is 6.18. The van der Waals surface area contributed by atoms with Crippen molar-refractivity contribution in [2.45, 2.75) is 54.9 Å². The van der Waals surface area contributed by atoms with E-state index in [9.17, 15) is 5.11 Å². The van der Waals surface area contributed by atoms with Crippen LogP contribution in [0.1, 0.15) is 54.9 Å². The Hall–Kier alpha value is -0.720. The van der Waals surface area contributed by atoms with E-state index in [0.29, 0.717) is 11.7 Å². The molecular weight excluding hydrogens is 196 g/mol. The van der Waals surface area contributed by atoms with Crippen molar-refractivity contribution in [2.75, 3.05) is 0 Å². The molecule has 1 aliphatic rings. The van der Waals surface area contributed by atoms with E-state index >= 15 is 0 Å². The molecule has 0 heterocycles. The molecule has 1 N–H and O–H groups in total. The van der Waals surface area contributed by atoms with E-state index in [2.05, 4.69) is 54.5 Å². The van der Waals surface area contributed by atoms with E-state index in [1.807, 2.05) is 0 Å². The fraction of sp³-hybridized carbons (Fsp3) is 0.733. The van der Waals surface area contributed by atoms with Gasteiger partial charge in [0.05, 0.1) is 0 Å². The molecule has 0 aromatic rings. The zero-order valence-corrected chi connectivity index (χ0v) is 11.8. The monoisotopic (exact) mass is 222 g/mol. The first-order valence-electron chi connectivity index (χ1n) is 6.18. The lowest BCUT2D eigenvalue weighted by Crippen LogP contribution is -2.23. The molecule has 1 nitrogen and oxygen atoms in total. The third-order valence-electron chi connectivity index (χ3n) is 3.23. The van der Waals surface area contributed by atoms with E-state index in [4.69, 9.17) is 0 Å². The van der Waals surface area contributed by atoms with Crippen LogP contribution in [-0.4, -0.2) is 5.11 Å². The molecule has 1 rings (SSSR count). The van der Waals surface area contributed by atoms with Gasteiger partial charge in [-0.05, 0) is 34.3 Å². The zero-order chi connectivity index (χ0) is 12.7. The van der Waals surface area contributed by atoms with Crippen molar-refractivity contribution in [3.8, 4) is 0 Å². The average Bonchev–Trinajstić information content (AvgIpc) is 2.04. The summed E-state index contributed by atoms with van der Waals surface area (Å²) in [6.07, 6.45) is 3.21. The van der Waals surface area contributed by atoms with Gasteiger partial charge in [-0.15, -0.1) is 0 Å². The fourth-order valence-electron chi connectivity index (χ4n) is 2.27. The van der Waals surface area contributed by atoms with Crippen molar-refractivity contribution < 1.29 is 5.11 Å². The minimum atomic E-state index is 0.0231. The summed E-state index contributed by atoms with van der Waals surface area (Å²) in [5, 5.41) is 10.4. The molecule has 1 atom stereocenters. The highest BCUT2D eigenvalue weighted by molar-refractivity contribution is 5.39. The van der Waals surface area contributed by atoms with Gasteiger partial charge in [-0.1, -0.05) is 54.5 Å². The predicted molar refractivity (Wildman–Crippen MR) is 70.4 cm³/mol. The van der Waals surface area contributed by atoms with Gasteiger partial charge in [-0.25, -0.2) is 0 Å². The second-order valence-electron chi connectivity index (χ2n) is 7.09. The molecule has 0 aliphatic heterocycles. The lowest BCUT2D eigenvalue weighted by atomic mass is 9.72. The van der Waals surface area contributed by atoms with Crippen LogP contribution in [0.25, 0.3) is 0 Å². The molecule has 0 fully saturated rings. The molecule has 0 saturated carbocycles. The minimum absolute atomic E-state index is 0.0231. The summed E-state index contributed by atoms with van der Waals surface area (Å²) >= 11 is 0. The van der Waals surface area contributed by atoms with Crippen molar-refractivity contribution in [3.63, 3.8) is 0 Å². The fourth-order valence-corrected chi connectivity index (χ4v) is 2.27. The van der Waals surface area contributed by atoms with Crippen molar-refractivity contribution in [1.82, 2.24) is 0 Å². The Morgan fingerprint density at radius 1 is 1.06 bits per heavy atom. The Labute approximate surface area is 100 Å². The van der Waals surface area contributed by atoms with Crippen LogP contribution in [0.5, 0.6) is 0 Å². The highest BCUT2D eigenvalue weighted by atomic mass is 16.3. The summed E-state index contributed by atoms with van der Waals surface area (Å²) in [5.74, 6) is 1.07. The number of hydrogen-bond donors (Lipinski definition) is 1. The lowest BCUT2D eigenvalue weighted by molar-refractivity contribution is 0.328. The van der Waals surface area contributed by atoms with Gasteiger partial charge in [0.1, 0.15) is 5.76 Å². The summed E-state index contributed by atoms with van der Waals surface area (Å²) in [7, 11) is 0. The SMILES string of the molecule is CC1C=C(C(C)(C)C)C(O)=C(C(C)(C)C)C1. The number of aliphatic hydroxyl groups excluding tert-OH is 1. The zero-order valence-electron chi connectivity index (χ0n) is 11.8. The van der Waals surface area contributed by atoms with Gasteiger partial charge >= 0.3 is 0 Å². The summed E-state index contributed by atoms with van der Waals surface area (Å²) in [5.41, 5.74) is 2.39. The predicted octanol–water partition coefficient (Wildman–Crippen LogP) is 4.86. The van der Waals surface area contributed by atoms with Crippen LogP contribution in [0, 0.1) is 16.7 Å². The van der Waals surface area contributed by atoms with Crippen LogP contribution in [-0.2, 0) is 0 Å². The van der Waals surface area contributed by atoms with Crippen molar-refractivity contribution >= 4 is 0 Å². The van der Waals surface area contributed by atoms with Gasteiger partial charge in [0, 0.05) is 0 Å². The molecule has 0 aromatic carbocycles. The molecular formula is C15H26O. The smallest absolute Gasteiger partial charge is 0.118 e. The summed E-state index contributed by atoms with van der Waals surface area (Å²) in [4.78, 5) is 0. The quantitative estimate of drug-likeness (QED) is 0.620. The highest BCUT2D eigenvalue weighted by Crippen LogP contribution is 2.43. The van der Waals surface area contributed by atoms with Gasteiger partial charge < -0.3 is 5.11 Å². The molecule has 0 spiro atoms. The second-order valence-corrected chi connectivity index (χ2v) is 7.09. The number of hydrogen-bond acceptors (Lipinski definition) is 1. The van der Waals surface area contributed by atoms with E-state index in [-0.39, 0.29) is 10.8 Å². The molecule has 1 heteroatoms. The molecule has 0 radical (unpaired) electrons. The van der Waals surface area contributed by atoms with Crippen molar-refractivity contribution in [1.29, 1.82) is 0 Å². The number of aliphatic hydroxyl groups is 1. The topological polar surface area (TPSA) is 20.2 Å². The minimum Gasteiger partial charge on any atom is -0.508 e. The molecule has 0 saturated heterocycles. The molecule has 0 amide bonds. The maximum atomic E-state index is 10.4. The van der Waals surface area contributed by atoms with E-state index in [1.54, 1.807) is 0 Å². The van der Waals surface area contributed by atoms with Gasteiger partial charge in [-0.2, -0.15) is 0 Å². The molecule has 0 bridgehead atoms. The molecule has 0 aromatic heterocycles. The van der Waals surface area contributed by atoms with E-state index in [0.717, 1.165) is 12.0 Å². The molecule has 1 aliphatic carbocycles. The third kappa shape index (κ3) is 2.69. The van der Waals surface area contributed by atoms with Crippen LogP contribution in [0.15, 0.2) is 23.0 Å². The first kappa shape index (κ1) is 13.3. The maximum Gasteiger partial charge on any atom is 0.118 e. The van der Waals surface area contributed by atoms with Gasteiger partial charge in [0.2, 0.25) is 0 Å². The van der Waals surface area contributed by atoms with Crippen molar-refractivity contribution in [3.05, 3.63) is 23.0 Å². The summed E-state index contributed by atoms with van der Waals surface area (Å²) < 4.78 is 0. The number of allylic oxidation sites excluding steroid dienone is 3. The standard InChI is InChI=1S/C15H26O/c1-10-8-11(14(2,3)4)13(16)12(9-10)15(5,6)7/h8,10,16H,9H2,1-7H3. The van der Waals surface area contributed by atoms with Crippen LogP contribution in [0.3, 0.4) is 0 Å². The van der Waals surface area contributed by atoms with Gasteiger partial charge in [0.25, 0.3) is 0 Å².